The number of benzene rings is 2. The van der Waals surface area contributed by atoms with Gasteiger partial charge in [-0.3, -0.25) is 4.79 Å². The molecule has 0 fully saturated rings. The van der Waals surface area contributed by atoms with E-state index >= 15 is 0 Å². The van der Waals surface area contributed by atoms with Crippen molar-refractivity contribution >= 4 is 34.2 Å². The highest BCUT2D eigenvalue weighted by Crippen LogP contribution is 2.21. The summed E-state index contributed by atoms with van der Waals surface area (Å²) >= 11 is 5.92. The summed E-state index contributed by atoms with van der Waals surface area (Å²) in [4.78, 5) is 22.1. The number of fused-ring (bicyclic) bond motifs is 1. The highest BCUT2D eigenvalue weighted by Gasteiger charge is 2.18. The second-order valence-corrected chi connectivity index (χ2v) is 5.06. The fourth-order valence-corrected chi connectivity index (χ4v) is 2.25. The highest BCUT2D eigenvalue weighted by molar-refractivity contribution is 6.31. The van der Waals surface area contributed by atoms with Gasteiger partial charge >= 0.3 is 5.97 Å². The van der Waals surface area contributed by atoms with Gasteiger partial charge in [0, 0.05) is 18.4 Å². The molecule has 4 nitrogen and oxygen atoms in total. The molecule has 0 aromatic heterocycles. The van der Waals surface area contributed by atoms with Gasteiger partial charge < -0.3 is 10.4 Å². The van der Waals surface area contributed by atoms with E-state index in [9.17, 15) is 9.59 Å². The number of hydrogen-bond acceptors (Lipinski definition) is 2. The molecule has 0 aliphatic heterocycles. The van der Waals surface area contributed by atoms with Crippen LogP contribution in [0.4, 0.5) is 0 Å². The number of hydrogen-bond donors (Lipinski definition) is 2. The SMILES string of the molecule is CC(=O)NC(Cc1ccc2cc(Cl)ccc2c1)C(=O)O. The van der Waals surface area contributed by atoms with Crippen molar-refractivity contribution < 1.29 is 14.7 Å². The number of carboxylic acid groups (broad SMARTS) is 1. The Bertz CT molecular complexity index is 669. The lowest BCUT2D eigenvalue weighted by atomic mass is 10.0. The van der Waals surface area contributed by atoms with Crippen molar-refractivity contribution in [2.45, 2.75) is 19.4 Å². The quantitative estimate of drug-likeness (QED) is 0.910. The summed E-state index contributed by atoms with van der Waals surface area (Å²) in [6.07, 6.45) is 0.244. The summed E-state index contributed by atoms with van der Waals surface area (Å²) in [5.74, 6) is -1.40. The number of rotatable bonds is 4. The van der Waals surface area contributed by atoms with Crippen molar-refractivity contribution in [3.05, 3.63) is 47.0 Å². The van der Waals surface area contributed by atoms with Crippen LogP contribution in [-0.2, 0) is 16.0 Å². The molecule has 0 saturated heterocycles. The summed E-state index contributed by atoms with van der Waals surface area (Å²) < 4.78 is 0. The van der Waals surface area contributed by atoms with Gasteiger partial charge in [-0.05, 0) is 28.5 Å². The van der Waals surface area contributed by atoms with Crippen molar-refractivity contribution in [3.63, 3.8) is 0 Å². The number of carboxylic acids is 1. The van der Waals surface area contributed by atoms with Crippen LogP contribution in [0.25, 0.3) is 10.8 Å². The van der Waals surface area contributed by atoms with Gasteiger partial charge in [0.25, 0.3) is 0 Å². The van der Waals surface area contributed by atoms with Crippen LogP contribution in [0.15, 0.2) is 36.4 Å². The van der Waals surface area contributed by atoms with E-state index in [4.69, 9.17) is 16.7 Å². The van der Waals surface area contributed by atoms with E-state index in [-0.39, 0.29) is 12.3 Å². The standard InChI is InChI=1S/C15H14ClNO3/c1-9(18)17-14(15(19)20)7-10-2-3-12-8-13(16)5-4-11(12)6-10/h2-6,8,14H,7H2,1H3,(H,17,18)(H,19,20). The number of nitrogens with one attached hydrogen (secondary N) is 1. The van der Waals surface area contributed by atoms with Crippen LogP contribution in [-0.4, -0.2) is 23.0 Å². The number of carbonyl (C=O) groups is 2. The van der Waals surface area contributed by atoms with Crippen molar-refractivity contribution in [3.8, 4) is 0 Å². The molecule has 0 bridgehead atoms. The van der Waals surface area contributed by atoms with Crippen LogP contribution in [0.2, 0.25) is 5.02 Å². The van der Waals surface area contributed by atoms with Gasteiger partial charge in [0.05, 0.1) is 0 Å². The summed E-state index contributed by atoms with van der Waals surface area (Å²) in [6.45, 7) is 1.30. The van der Waals surface area contributed by atoms with E-state index in [1.54, 1.807) is 6.07 Å². The second-order valence-electron chi connectivity index (χ2n) is 4.62. The first-order chi connectivity index (χ1) is 9.45. The van der Waals surface area contributed by atoms with E-state index in [1.165, 1.54) is 6.92 Å². The third-order valence-electron chi connectivity index (χ3n) is 2.98. The maximum Gasteiger partial charge on any atom is 0.326 e. The Morgan fingerprint density at radius 1 is 1.20 bits per heavy atom. The summed E-state index contributed by atoms with van der Waals surface area (Å²) in [7, 11) is 0. The van der Waals surface area contributed by atoms with Crippen molar-refractivity contribution in [2.24, 2.45) is 0 Å². The zero-order chi connectivity index (χ0) is 14.7. The Hall–Kier alpha value is -2.07. The first kappa shape index (κ1) is 14.3. The molecule has 2 N–H and O–H groups in total. The second kappa shape index (κ2) is 5.92. The van der Waals surface area contributed by atoms with E-state index in [0.717, 1.165) is 16.3 Å². The smallest absolute Gasteiger partial charge is 0.326 e. The molecule has 1 amide bonds. The minimum absolute atomic E-state index is 0.244. The topological polar surface area (TPSA) is 66.4 Å². The average Bonchev–Trinajstić information content (AvgIpc) is 2.37. The van der Waals surface area contributed by atoms with E-state index in [0.29, 0.717) is 5.02 Å². The minimum Gasteiger partial charge on any atom is -0.480 e. The fraction of sp³-hybridized carbons (Fsp3) is 0.200. The molecule has 0 heterocycles. The zero-order valence-corrected chi connectivity index (χ0v) is 11.6. The minimum atomic E-state index is -1.04. The Morgan fingerprint density at radius 2 is 1.85 bits per heavy atom. The van der Waals surface area contributed by atoms with E-state index in [2.05, 4.69) is 5.32 Å². The van der Waals surface area contributed by atoms with Gasteiger partial charge in [-0.15, -0.1) is 0 Å². The van der Waals surface area contributed by atoms with E-state index < -0.39 is 12.0 Å². The van der Waals surface area contributed by atoms with Crippen LogP contribution in [0.5, 0.6) is 0 Å². The third-order valence-corrected chi connectivity index (χ3v) is 3.22. The molecule has 0 aliphatic carbocycles. The Morgan fingerprint density at radius 3 is 2.50 bits per heavy atom. The lowest BCUT2D eigenvalue weighted by Gasteiger charge is -2.13. The van der Waals surface area contributed by atoms with E-state index in [1.807, 2.05) is 30.3 Å². The van der Waals surface area contributed by atoms with Crippen molar-refractivity contribution in [1.29, 1.82) is 0 Å². The summed E-state index contributed by atoms with van der Waals surface area (Å²) in [5, 5.41) is 14.2. The molecule has 0 aliphatic rings. The maximum atomic E-state index is 11.1. The molecule has 20 heavy (non-hydrogen) atoms. The van der Waals surface area contributed by atoms with Crippen LogP contribution in [0, 0.1) is 0 Å². The number of amides is 1. The molecular formula is C15H14ClNO3. The van der Waals surface area contributed by atoms with Gasteiger partial charge in [0.15, 0.2) is 0 Å². The fourth-order valence-electron chi connectivity index (χ4n) is 2.07. The van der Waals surface area contributed by atoms with Crippen molar-refractivity contribution in [1.82, 2.24) is 5.32 Å². The Labute approximate surface area is 121 Å². The van der Waals surface area contributed by atoms with Crippen LogP contribution in [0.3, 0.4) is 0 Å². The molecule has 2 aromatic rings. The predicted molar refractivity (Wildman–Crippen MR) is 77.9 cm³/mol. The lowest BCUT2D eigenvalue weighted by molar-refractivity contribution is -0.141. The Kier molecular flexibility index (Phi) is 4.25. The third kappa shape index (κ3) is 3.48. The molecule has 2 aromatic carbocycles. The first-order valence-electron chi connectivity index (χ1n) is 6.14. The molecule has 1 unspecified atom stereocenters. The Balaban J connectivity index is 2.26. The summed E-state index contributed by atoms with van der Waals surface area (Å²) in [5.41, 5.74) is 0.848. The normalized spacial score (nSPS) is 12.1. The average molecular weight is 292 g/mol. The molecule has 5 heteroatoms. The number of halogens is 1. The molecule has 0 saturated carbocycles. The van der Waals surface area contributed by atoms with Gasteiger partial charge in [0.2, 0.25) is 5.91 Å². The lowest BCUT2D eigenvalue weighted by Crippen LogP contribution is -2.41. The molecule has 104 valence electrons. The van der Waals surface area contributed by atoms with Crippen LogP contribution in [0.1, 0.15) is 12.5 Å². The molecule has 1 atom stereocenters. The van der Waals surface area contributed by atoms with Crippen LogP contribution < -0.4 is 5.32 Å². The van der Waals surface area contributed by atoms with Crippen LogP contribution >= 0.6 is 11.6 Å². The molecule has 0 radical (unpaired) electrons. The predicted octanol–water partition coefficient (Wildman–Crippen LogP) is 2.62. The molecular weight excluding hydrogens is 278 g/mol. The van der Waals surface area contributed by atoms with Crippen molar-refractivity contribution in [2.75, 3.05) is 0 Å². The number of aliphatic carboxylic acids is 1. The largest absolute Gasteiger partial charge is 0.480 e. The summed E-state index contributed by atoms with van der Waals surface area (Å²) in [6, 6.07) is 10.2. The monoisotopic (exact) mass is 291 g/mol. The van der Waals surface area contributed by atoms with Gasteiger partial charge in [-0.1, -0.05) is 35.9 Å². The highest BCUT2D eigenvalue weighted by atomic mass is 35.5. The maximum absolute atomic E-state index is 11.1. The van der Waals surface area contributed by atoms with Gasteiger partial charge in [0.1, 0.15) is 6.04 Å². The number of carbonyl (C=O) groups excluding carboxylic acids is 1. The first-order valence-corrected chi connectivity index (χ1v) is 6.51. The molecule has 0 spiro atoms. The van der Waals surface area contributed by atoms with Gasteiger partial charge in [-0.2, -0.15) is 0 Å². The zero-order valence-electron chi connectivity index (χ0n) is 10.9. The molecule has 2 rings (SSSR count). The van der Waals surface area contributed by atoms with Gasteiger partial charge in [-0.25, -0.2) is 4.79 Å².